The fraction of sp³-hybridized carbons (Fsp3) is 0.500. The lowest BCUT2D eigenvalue weighted by Gasteiger charge is -2.19. The Hall–Kier alpha value is -1.85. The molecule has 0 aliphatic rings. The summed E-state index contributed by atoms with van der Waals surface area (Å²) in [5.74, 6) is 0.602. The number of nitrogens with zero attached hydrogens (tertiary/aromatic N) is 4. The van der Waals surface area contributed by atoms with E-state index in [0.29, 0.717) is 11.6 Å². The van der Waals surface area contributed by atoms with Crippen molar-refractivity contribution in [1.29, 1.82) is 0 Å². The molecule has 0 amide bonds. The van der Waals surface area contributed by atoms with E-state index in [4.69, 9.17) is 10.9 Å². The number of anilines is 1. The van der Waals surface area contributed by atoms with Crippen molar-refractivity contribution in [3.05, 3.63) is 17.5 Å². The van der Waals surface area contributed by atoms with Crippen molar-refractivity contribution in [3.8, 4) is 0 Å². The summed E-state index contributed by atoms with van der Waals surface area (Å²) in [5.41, 5.74) is 6.74. The smallest absolute Gasteiger partial charge is 0.226 e. The van der Waals surface area contributed by atoms with Gasteiger partial charge in [0.2, 0.25) is 5.95 Å². The lowest BCUT2D eigenvalue weighted by Crippen LogP contribution is -2.26. The predicted molar refractivity (Wildman–Crippen MR) is 62.8 cm³/mol. The molecule has 1 rings (SSSR count). The van der Waals surface area contributed by atoms with Crippen LogP contribution in [0.15, 0.2) is 11.2 Å². The van der Waals surface area contributed by atoms with Crippen molar-refractivity contribution in [2.24, 2.45) is 10.9 Å². The summed E-state index contributed by atoms with van der Waals surface area (Å²) in [5, 5.41) is 11.5. The number of nitrogens with two attached hydrogens (primary N) is 1. The van der Waals surface area contributed by atoms with E-state index in [1.807, 2.05) is 25.7 Å². The Balaban J connectivity index is 3.17. The molecule has 0 aromatic carbocycles. The van der Waals surface area contributed by atoms with Gasteiger partial charge in [0.05, 0.1) is 0 Å². The van der Waals surface area contributed by atoms with Crippen molar-refractivity contribution in [3.63, 3.8) is 0 Å². The molecule has 0 atom stereocenters. The van der Waals surface area contributed by atoms with E-state index in [0.717, 1.165) is 18.8 Å². The van der Waals surface area contributed by atoms with Crippen LogP contribution in [0.1, 0.15) is 25.2 Å². The topological polar surface area (TPSA) is 87.6 Å². The third-order valence-electron chi connectivity index (χ3n) is 2.26. The summed E-state index contributed by atoms with van der Waals surface area (Å²) in [6.45, 7) is 7.53. The molecule has 0 spiro atoms. The van der Waals surface area contributed by atoms with Crippen LogP contribution in [0.3, 0.4) is 0 Å². The van der Waals surface area contributed by atoms with Gasteiger partial charge < -0.3 is 15.8 Å². The molecule has 0 fully saturated rings. The maximum Gasteiger partial charge on any atom is 0.226 e. The molecule has 0 aliphatic heterocycles. The van der Waals surface area contributed by atoms with Gasteiger partial charge in [-0.2, -0.15) is 0 Å². The quantitative estimate of drug-likeness (QED) is 0.340. The highest BCUT2D eigenvalue weighted by molar-refractivity contribution is 5.95. The first-order valence-corrected chi connectivity index (χ1v) is 5.20. The van der Waals surface area contributed by atoms with Crippen molar-refractivity contribution in [2.75, 3.05) is 18.0 Å². The molecule has 88 valence electrons. The summed E-state index contributed by atoms with van der Waals surface area (Å²) in [7, 11) is 0. The molecule has 16 heavy (non-hydrogen) atoms. The summed E-state index contributed by atoms with van der Waals surface area (Å²) in [6, 6.07) is 1.68. The molecular weight excluding hydrogens is 206 g/mol. The van der Waals surface area contributed by atoms with Crippen LogP contribution >= 0.6 is 0 Å². The van der Waals surface area contributed by atoms with Crippen LogP contribution in [0.4, 0.5) is 5.95 Å². The molecule has 0 aliphatic carbocycles. The first kappa shape index (κ1) is 12.2. The van der Waals surface area contributed by atoms with Gasteiger partial charge in [-0.3, -0.25) is 0 Å². The lowest BCUT2D eigenvalue weighted by molar-refractivity contribution is 0.318. The maximum atomic E-state index is 8.61. The van der Waals surface area contributed by atoms with Gasteiger partial charge in [0, 0.05) is 18.8 Å². The molecule has 6 heteroatoms. The zero-order valence-corrected chi connectivity index (χ0v) is 9.80. The normalized spacial score (nSPS) is 11.6. The van der Waals surface area contributed by atoms with Gasteiger partial charge in [0.15, 0.2) is 5.84 Å². The lowest BCUT2D eigenvalue weighted by atomic mass is 10.3. The zero-order valence-electron chi connectivity index (χ0n) is 9.80. The third kappa shape index (κ3) is 2.59. The number of rotatable bonds is 4. The van der Waals surface area contributed by atoms with E-state index in [9.17, 15) is 0 Å². The minimum Gasteiger partial charge on any atom is -0.409 e. The summed E-state index contributed by atoms with van der Waals surface area (Å²) >= 11 is 0. The van der Waals surface area contributed by atoms with E-state index >= 15 is 0 Å². The second-order valence-corrected chi connectivity index (χ2v) is 3.35. The van der Waals surface area contributed by atoms with Gasteiger partial charge in [0.25, 0.3) is 0 Å². The highest BCUT2D eigenvalue weighted by atomic mass is 16.4. The number of oxime groups is 1. The van der Waals surface area contributed by atoms with Crippen molar-refractivity contribution < 1.29 is 5.21 Å². The molecular formula is C10H17N5O. The molecule has 6 nitrogen and oxygen atoms in total. The molecule has 1 aromatic rings. The van der Waals surface area contributed by atoms with Gasteiger partial charge in [-0.1, -0.05) is 5.16 Å². The zero-order chi connectivity index (χ0) is 12.1. The van der Waals surface area contributed by atoms with E-state index in [-0.39, 0.29) is 5.84 Å². The number of hydrogen-bond donors (Lipinski definition) is 2. The van der Waals surface area contributed by atoms with Crippen LogP contribution in [0.25, 0.3) is 0 Å². The predicted octanol–water partition coefficient (Wildman–Crippen LogP) is 0.726. The molecule has 1 heterocycles. The number of hydrogen-bond acceptors (Lipinski definition) is 5. The van der Waals surface area contributed by atoms with Crippen molar-refractivity contribution in [2.45, 2.75) is 20.8 Å². The van der Waals surface area contributed by atoms with Crippen LogP contribution in [0, 0.1) is 6.92 Å². The molecule has 3 N–H and O–H groups in total. The summed E-state index contributed by atoms with van der Waals surface area (Å²) in [4.78, 5) is 10.6. The van der Waals surface area contributed by atoms with Gasteiger partial charge in [-0.15, -0.1) is 0 Å². The Morgan fingerprint density at radius 2 is 2.06 bits per heavy atom. The molecule has 0 bridgehead atoms. The van der Waals surface area contributed by atoms with Crippen molar-refractivity contribution in [1.82, 2.24) is 9.97 Å². The second-order valence-electron chi connectivity index (χ2n) is 3.35. The fourth-order valence-electron chi connectivity index (χ4n) is 1.38. The molecule has 1 aromatic heterocycles. The van der Waals surface area contributed by atoms with Crippen LogP contribution in [0.2, 0.25) is 0 Å². The first-order valence-electron chi connectivity index (χ1n) is 5.20. The Labute approximate surface area is 94.8 Å². The monoisotopic (exact) mass is 223 g/mol. The first-order chi connectivity index (χ1) is 7.62. The highest BCUT2D eigenvalue weighted by Gasteiger charge is 2.10. The Kier molecular flexibility index (Phi) is 4.04. The van der Waals surface area contributed by atoms with E-state index in [1.54, 1.807) is 6.07 Å². The highest BCUT2D eigenvalue weighted by Crippen LogP contribution is 2.09. The molecule has 0 saturated carbocycles. The van der Waals surface area contributed by atoms with Crippen LogP contribution in [-0.2, 0) is 0 Å². The van der Waals surface area contributed by atoms with Crippen molar-refractivity contribution >= 4 is 11.8 Å². The standard InChI is InChI=1S/C10H17N5O/c1-4-15(5-2)10-12-7(3)6-8(13-10)9(11)14-16/h6,16H,4-5H2,1-3H3,(H2,11,14). The Morgan fingerprint density at radius 1 is 1.44 bits per heavy atom. The minimum absolute atomic E-state index is 0.00101. The average Bonchev–Trinajstić information content (AvgIpc) is 2.29. The number of amidine groups is 1. The summed E-state index contributed by atoms with van der Waals surface area (Å²) in [6.07, 6.45) is 0. The van der Waals surface area contributed by atoms with E-state index in [1.165, 1.54) is 0 Å². The van der Waals surface area contributed by atoms with Gasteiger partial charge in [-0.25, -0.2) is 9.97 Å². The maximum absolute atomic E-state index is 8.61. The molecule has 0 radical (unpaired) electrons. The van der Waals surface area contributed by atoms with Gasteiger partial charge in [0.1, 0.15) is 5.69 Å². The van der Waals surface area contributed by atoms with Gasteiger partial charge in [-0.05, 0) is 26.8 Å². The number of aromatic nitrogens is 2. The SMILES string of the molecule is CCN(CC)c1nc(C)cc(C(N)=NO)n1. The van der Waals surface area contributed by atoms with E-state index in [2.05, 4.69) is 15.1 Å². The average molecular weight is 223 g/mol. The second kappa shape index (κ2) is 5.29. The number of aryl methyl sites for hydroxylation is 1. The van der Waals surface area contributed by atoms with Crippen LogP contribution in [-0.4, -0.2) is 34.1 Å². The minimum atomic E-state index is -0.00101. The third-order valence-corrected chi connectivity index (χ3v) is 2.26. The fourth-order valence-corrected chi connectivity index (χ4v) is 1.38. The molecule has 0 unspecified atom stereocenters. The van der Waals surface area contributed by atoms with Crippen LogP contribution < -0.4 is 10.6 Å². The Morgan fingerprint density at radius 3 is 2.56 bits per heavy atom. The Bertz CT molecular complexity index is 387. The molecule has 0 saturated heterocycles. The van der Waals surface area contributed by atoms with E-state index < -0.39 is 0 Å². The van der Waals surface area contributed by atoms with Gasteiger partial charge >= 0.3 is 0 Å². The largest absolute Gasteiger partial charge is 0.409 e. The van der Waals surface area contributed by atoms with Crippen LogP contribution in [0.5, 0.6) is 0 Å². The summed E-state index contributed by atoms with van der Waals surface area (Å²) < 4.78 is 0.